The van der Waals surface area contributed by atoms with Crippen LogP contribution in [0.25, 0.3) is 11.1 Å². The predicted molar refractivity (Wildman–Crippen MR) is 198 cm³/mol. The van der Waals surface area contributed by atoms with E-state index in [1.165, 1.54) is 11.1 Å². The van der Waals surface area contributed by atoms with E-state index >= 15 is 0 Å². The third-order valence-electron chi connectivity index (χ3n) is 10.5. The molecule has 11 nitrogen and oxygen atoms in total. The number of hydrogen-bond donors (Lipinski definition) is 2. The summed E-state index contributed by atoms with van der Waals surface area (Å²) in [5.41, 5.74) is 7.40. The highest BCUT2D eigenvalue weighted by molar-refractivity contribution is 5.88. The molecule has 5 heterocycles. The summed E-state index contributed by atoms with van der Waals surface area (Å²) < 4.78 is 6.28. The second-order valence-corrected chi connectivity index (χ2v) is 15.9. The minimum absolute atomic E-state index is 0.183. The highest BCUT2D eigenvalue weighted by Crippen LogP contribution is 2.45. The molecule has 11 heteroatoms. The van der Waals surface area contributed by atoms with E-state index in [4.69, 9.17) is 14.7 Å². The van der Waals surface area contributed by atoms with Crippen LogP contribution in [0.3, 0.4) is 0 Å². The third-order valence-corrected chi connectivity index (χ3v) is 10.5. The topological polar surface area (TPSA) is 118 Å². The summed E-state index contributed by atoms with van der Waals surface area (Å²) in [6, 6.07) is 8.70. The van der Waals surface area contributed by atoms with E-state index in [0.29, 0.717) is 17.8 Å². The molecule has 3 aliphatic rings. The standard InChI is InChI=1S/C39H55N7O4/c1-26-32(34(44-16-12-39(6,7)13-17-44)33(27(2)41-26)35(36(48)49)50-38(3,4)5)29-8-9-30-25-46(15-11-28(30)24-29)31-10-14-40-37(42-31)45-20-18-43(19-21-45)22-23-47/h8-10,14,24,35,47H,11-13,15-23,25H2,1-7H3,(H,48,49). The number of nitrogens with zero attached hydrogens (tertiary/aromatic N) is 7. The lowest BCUT2D eigenvalue weighted by molar-refractivity contribution is -0.160. The number of aliphatic carboxylic acids is 1. The number of carboxylic acids is 1. The number of aliphatic hydroxyl groups excluding tert-OH is 1. The molecule has 0 bridgehead atoms. The maximum Gasteiger partial charge on any atom is 0.337 e. The van der Waals surface area contributed by atoms with Crippen molar-refractivity contribution >= 4 is 23.4 Å². The number of aryl methyl sites for hydroxylation is 2. The Kier molecular flexibility index (Phi) is 10.4. The Bertz CT molecular complexity index is 1690. The Morgan fingerprint density at radius 1 is 0.920 bits per heavy atom. The summed E-state index contributed by atoms with van der Waals surface area (Å²) >= 11 is 0. The van der Waals surface area contributed by atoms with E-state index in [-0.39, 0.29) is 12.0 Å². The molecule has 3 aliphatic heterocycles. The maximum absolute atomic E-state index is 12.9. The minimum atomic E-state index is -1.14. The third kappa shape index (κ3) is 7.90. The largest absolute Gasteiger partial charge is 0.479 e. The number of benzene rings is 1. The van der Waals surface area contributed by atoms with Crippen molar-refractivity contribution in [1.82, 2.24) is 19.9 Å². The molecule has 0 radical (unpaired) electrons. The number of pyridine rings is 1. The lowest BCUT2D eigenvalue weighted by atomic mass is 9.81. The first-order valence-corrected chi connectivity index (χ1v) is 18.2. The molecule has 270 valence electrons. The number of β-amino-alcohol motifs (C(OH)–C–C–N with tert-alkyl or cyclic N) is 1. The molecular formula is C39H55N7O4. The van der Waals surface area contributed by atoms with Crippen LogP contribution in [-0.4, -0.2) is 101 Å². The SMILES string of the molecule is Cc1nc(C)c(C(OC(C)(C)C)C(=O)O)c(N2CCC(C)(C)CC2)c1-c1ccc2c(c1)CCN(c1ccnc(N3CCN(CCO)CC3)n1)C2. The summed E-state index contributed by atoms with van der Waals surface area (Å²) in [6.07, 6.45) is 3.63. The van der Waals surface area contributed by atoms with E-state index in [1.54, 1.807) is 0 Å². The van der Waals surface area contributed by atoms with Crippen LogP contribution in [0.2, 0.25) is 0 Å². The van der Waals surface area contributed by atoms with Gasteiger partial charge >= 0.3 is 5.97 Å². The molecule has 1 unspecified atom stereocenters. The molecule has 0 saturated carbocycles. The Hall–Kier alpha value is -3.80. The van der Waals surface area contributed by atoms with Gasteiger partial charge in [-0.3, -0.25) is 9.88 Å². The van der Waals surface area contributed by atoms with E-state index in [9.17, 15) is 15.0 Å². The predicted octanol–water partition coefficient (Wildman–Crippen LogP) is 5.40. The summed E-state index contributed by atoms with van der Waals surface area (Å²) in [5, 5.41) is 19.8. The number of piperidine rings is 1. The van der Waals surface area contributed by atoms with Gasteiger partial charge in [-0.1, -0.05) is 32.0 Å². The molecule has 2 fully saturated rings. The minimum Gasteiger partial charge on any atom is -0.479 e. The number of anilines is 3. The maximum atomic E-state index is 12.9. The Morgan fingerprint density at radius 2 is 1.64 bits per heavy atom. The molecule has 0 aliphatic carbocycles. The van der Waals surface area contributed by atoms with Gasteiger partial charge in [-0.25, -0.2) is 9.78 Å². The average molecular weight is 686 g/mol. The van der Waals surface area contributed by atoms with Crippen molar-refractivity contribution in [3.8, 4) is 11.1 Å². The second kappa shape index (κ2) is 14.4. The van der Waals surface area contributed by atoms with Crippen LogP contribution in [0.1, 0.15) is 81.6 Å². The van der Waals surface area contributed by atoms with Crippen LogP contribution in [0, 0.1) is 19.3 Å². The van der Waals surface area contributed by atoms with E-state index in [1.807, 2.05) is 46.9 Å². The van der Waals surface area contributed by atoms with E-state index in [0.717, 1.165) is 106 Å². The molecule has 50 heavy (non-hydrogen) atoms. The molecule has 3 aromatic rings. The lowest BCUT2D eigenvalue weighted by Gasteiger charge is -2.41. The number of carboxylic acid groups (broad SMARTS) is 1. The summed E-state index contributed by atoms with van der Waals surface area (Å²) in [5.74, 6) is 0.689. The summed E-state index contributed by atoms with van der Waals surface area (Å²) in [7, 11) is 0. The average Bonchev–Trinajstić information content (AvgIpc) is 3.07. The normalized spacial score (nSPS) is 19.0. The van der Waals surface area contributed by atoms with Crippen molar-refractivity contribution in [1.29, 1.82) is 0 Å². The fraction of sp³-hybridized carbons (Fsp3) is 0.590. The molecule has 2 N–H and O–H groups in total. The zero-order chi connectivity index (χ0) is 35.8. The van der Waals surface area contributed by atoms with Crippen molar-refractivity contribution in [2.45, 2.75) is 86.0 Å². The summed E-state index contributed by atoms with van der Waals surface area (Å²) in [4.78, 5) is 36.7. The molecule has 1 aromatic carbocycles. The van der Waals surface area contributed by atoms with Gasteiger partial charge in [0.05, 0.1) is 17.9 Å². The van der Waals surface area contributed by atoms with E-state index in [2.05, 4.69) is 56.6 Å². The highest BCUT2D eigenvalue weighted by Gasteiger charge is 2.37. The molecule has 6 rings (SSSR count). The number of fused-ring (bicyclic) bond motifs is 1. The van der Waals surface area contributed by atoms with Crippen LogP contribution >= 0.6 is 0 Å². The number of rotatable bonds is 9. The molecular weight excluding hydrogens is 630 g/mol. The zero-order valence-electron chi connectivity index (χ0n) is 31.0. The highest BCUT2D eigenvalue weighted by atomic mass is 16.5. The zero-order valence-corrected chi connectivity index (χ0v) is 31.0. The van der Waals surface area contributed by atoms with Gasteiger partial charge < -0.3 is 29.6 Å². The van der Waals surface area contributed by atoms with Crippen molar-refractivity contribution in [3.05, 3.63) is 58.5 Å². The van der Waals surface area contributed by atoms with Gasteiger partial charge in [-0.15, -0.1) is 0 Å². The Morgan fingerprint density at radius 3 is 2.30 bits per heavy atom. The second-order valence-electron chi connectivity index (χ2n) is 15.9. The number of aromatic nitrogens is 3. The van der Waals surface area contributed by atoms with Gasteiger partial charge in [0.15, 0.2) is 6.10 Å². The fourth-order valence-electron chi connectivity index (χ4n) is 7.64. The van der Waals surface area contributed by atoms with Crippen LogP contribution in [-0.2, 0) is 22.5 Å². The monoisotopic (exact) mass is 685 g/mol. The van der Waals surface area contributed by atoms with Gasteiger partial charge in [0.1, 0.15) is 5.82 Å². The van der Waals surface area contributed by atoms with Crippen LogP contribution in [0.5, 0.6) is 0 Å². The lowest BCUT2D eigenvalue weighted by Crippen LogP contribution is -2.47. The van der Waals surface area contributed by atoms with Gasteiger partial charge in [-0.05, 0) is 82.1 Å². The first-order valence-electron chi connectivity index (χ1n) is 18.2. The fourth-order valence-corrected chi connectivity index (χ4v) is 7.64. The summed E-state index contributed by atoms with van der Waals surface area (Å²) in [6.45, 7) is 21.9. The molecule has 2 saturated heterocycles. The smallest absolute Gasteiger partial charge is 0.337 e. The van der Waals surface area contributed by atoms with Crippen molar-refractivity contribution in [2.75, 3.05) is 73.7 Å². The number of aliphatic hydroxyl groups is 1. The van der Waals surface area contributed by atoms with E-state index < -0.39 is 17.7 Å². The van der Waals surface area contributed by atoms with Crippen LogP contribution < -0.4 is 14.7 Å². The Labute approximate surface area is 297 Å². The molecule has 1 atom stereocenters. The number of carbonyl (C=O) groups is 1. The first-order chi connectivity index (χ1) is 23.7. The van der Waals surface area contributed by atoms with Gasteiger partial charge in [0.25, 0.3) is 0 Å². The van der Waals surface area contributed by atoms with Crippen LogP contribution in [0.15, 0.2) is 30.5 Å². The Balaban J connectivity index is 1.32. The number of ether oxygens (including phenoxy) is 1. The van der Waals surface area contributed by atoms with Gasteiger partial charge in [0, 0.05) is 87.6 Å². The molecule has 0 amide bonds. The van der Waals surface area contributed by atoms with Crippen molar-refractivity contribution in [3.63, 3.8) is 0 Å². The van der Waals surface area contributed by atoms with Crippen LogP contribution in [0.4, 0.5) is 17.5 Å². The van der Waals surface area contributed by atoms with Gasteiger partial charge in [0.2, 0.25) is 5.95 Å². The van der Waals surface area contributed by atoms with Crippen molar-refractivity contribution < 1.29 is 19.7 Å². The first kappa shape index (κ1) is 36.0. The molecule has 2 aromatic heterocycles. The number of hydrogen-bond acceptors (Lipinski definition) is 10. The van der Waals surface area contributed by atoms with Crippen molar-refractivity contribution in [2.24, 2.45) is 5.41 Å². The molecule has 0 spiro atoms. The quantitative estimate of drug-likeness (QED) is 0.302. The van der Waals surface area contributed by atoms with Gasteiger partial charge in [-0.2, -0.15) is 4.98 Å². The number of piperazine rings is 1.